The van der Waals surface area contributed by atoms with Crippen molar-refractivity contribution in [2.75, 3.05) is 0 Å². The van der Waals surface area contributed by atoms with E-state index in [9.17, 15) is 9.18 Å². The monoisotopic (exact) mass is 272 g/mol. The molecular formula is C15H13FN2O2. The predicted octanol–water partition coefficient (Wildman–Crippen LogP) is 3.02. The SMILES string of the molecule is Cn1c(C(=O)O)ccc1-c1cn(C)c2c(F)cccc12. The average molecular weight is 272 g/mol. The number of nitrogens with zero attached hydrogens (tertiary/aromatic N) is 2. The third-order valence-corrected chi connectivity index (χ3v) is 3.57. The first-order chi connectivity index (χ1) is 9.50. The van der Waals surface area contributed by atoms with Crippen molar-refractivity contribution in [2.24, 2.45) is 14.1 Å². The van der Waals surface area contributed by atoms with Crippen molar-refractivity contribution in [3.63, 3.8) is 0 Å². The summed E-state index contributed by atoms with van der Waals surface area (Å²) in [6, 6.07) is 8.20. The molecule has 0 aliphatic heterocycles. The van der Waals surface area contributed by atoms with Gasteiger partial charge in [0.15, 0.2) is 0 Å². The number of benzene rings is 1. The molecule has 0 atom stereocenters. The standard InChI is InChI=1S/C15H13FN2O2/c1-17-8-10(9-4-3-5-11(16)14(9)17)12-6-7-13(15(19)20)18(12)2/h3-8H,1-2H3,(H,19,20). The number of rotatable bonds is 2. The fourth-order valence-electron chi connectivity index (χ4n) is 2.62. The molecule has 2 heterocycles. The van der Waals surface area contributed by atoms with Gasteiger partial charge in [-0.2, -0.15) is 0 Å². The van der Waals surface area contributed by atoms with Crippen molar-refractivity contribution in [3.05, 3.63) is 48.0 Å². The molecule has 1 aromatic carbocycles. The maximum absolute atomic E-state index is 13.9. The van der Waals surface area contributed by atoms with Crippen LogP contribution in [0.1, 0.15) is 10.5 Å². The van der Waals surface area contributed by atoms with Gasteiger partial charge in [-0.25, -0.2) is 9.18 Å². The predicted molar refractivity (Wildman–Crippen MR) is 74.2 cm³/mol. The van der Waals surface area contributed by atoms with Gasteiger partial charge in [0.05, 0.1) is 11.2 Å². The molecule has 0 fully saturated rings. The van der Waals surface area contributed by atoms with Gasteiger partial charge in [-0.05, 0) is 18.2 Å². The average Bonchev–Trinajstić information content (AvgIpc) is 2.91. The van der Waals surface area contributed by atoms with Crippen LogP contribution in [0.3, 0.4) is 0 Å². The van der Waals surface area contributed by atoms with Crippen LogP contribution in [0.4, 0.5) is 4.39 Å². The van der Waals surface area contributed by atoms with E-state index in [0.717, 1.165) is 16.6 Å². The number of fused-ring (bicyclic) bond motifs is 1. The van der Waals surface area contributed by atoms with E-state index in [4.69, 9.17) is 5.11 Å². The number of carboxylic acid groups (broad SMARTS) is 1. The molecule has 0 spiro atoms. The molecule has 3 aromatic rings. The van der Waals surface area contributed by atoms with Crippen molar-refractivity contribution in [3.8, 4) is 11.3 Å². The van der Waals surface area contributed by atoms with Gasteiger partial charge in [0.25, 0.3) is 0 Å². The Morgan fingerprint density at radius 3 is 2.60 bits per heavy atom. The van der Waals surface area contributed by atoms with Gasteiger partial charge >= 0.3 is 5.97 Å². The van der Waals surface area contributed by atoms with Gasteiger partial charge in [-0.3, -0.25) is 0 Å². The molecule has 0 unspecified atom stereocenters. The van der Waals surface area contributed by atoms with E-state index < -0.39 is 5.97 Å². The van der Waals surface area contributed by atoms with Crippen LogP contribution < -0.4 is 0 Å². The molecule has 0 bridgehead atoms. The number of carboxylic acids is 1. The van der Waals surface area contributed by atoms with Gasteiger partial charge in [0.1, 0.15) is 11.5 Å². The number of aromatic nitrogens is 2. The summed E-state index contributed by atoms with van der Waals surface area (Å²) in [7, 11) is 3.47. The van der Waals surface area contributed by atoms with Crippen molar-refractivity contribution >= 4 is 16.9 Å². The third-order valence-electron chi connectivity index (χ3n) is 3.57. The summed E-state index contributed by atoms with van der Waals surface area (Å²) < 4.78 is 17.2. The largest absolute Gasteiger partial charge is 0.477 e. The fourth-order valence-corrected chi connectivity index (χ4v) is 2.62. The Kier molecular flexibility index (Phi) is 2.64. The quantitative estimate of drug-likeness (QED) is 0.779. The molecule has 3 rings (SSSR count). The summed E-state index contributed by atoms with van der Waals surface area (Å²) in [5, 5.41) is 9.87. The van der Waals surface area contributed by atoms with Crippen LogP contribution in [-0.2, 0) is 14.1 Å². The molecule has 0 aliphatic rings. The minimum atomic E-state index is -0.981. The summed E-state index contributed by atoms with van der Waals surface area (Å²) in [4.78, 5) is 11.1. The van der Waals surface area contributed by atoms with Gasteiger partial charge < -0.3 is 14.2 Å². The molecule has 102 valence electrons. The van der Waals surface area contributed by atoms with E-state index in [-0.39, 0.29) is 11.5 Å². The number of hydrogen-bond donors (Lipinski definition) is 1. The molecule has 0 saturated carbocycles. The molecule has 4 nitrogen and oxygen atoms in total. The second-order valence-corrected chi connectivity index (χ2v) is 4.76. The van der Waals surface area contributed by atoms with Crippen LogP contribution in [-0.4, -0.2) is 20.2 Å². The maximum atomic E-state index is 13.9. The summed E-state index contributed by atoms with van der Waals surface area (Å²) >= 11 is 0. The minimum Gasteiger partial charge on any atom is -0.477 e. The third kappa shape index (κ3) is 1.63. The first-order valence-corrected chi connectivity index (χ1v) is 6.13. The van der Waals surface area contributed by atoms with Gasteiger partial charge in [-0.15, -0.1) is 0 Å². The number of aromatic carboxylic acids is 1. The summed E-state index contributed by atoms with van der Waals surface area (Å²) in [5.41, 5.74) is 2.28. The Bertz CT molecular complexity index is 830. The van der Waals surface area contributed by atoms with Crippen LogP contribution in [0, 0.1) is 5.82 Å². The molecule has 1 N–H and O–H groups in total. The molecule has 5 heteroatoms. The first kappa shape index (κ1) is 12.5. The van der Waals surface area contributed by atoms with Gasteiger partial charge in [0, 0.05) is 31.2 Å². The number of aryl methyl sites for hydroxylation is 1. The first-order valence-electron chi connectivity index (χ1n) is 6.13. The lowest BCUT2D eigenvalue weighted by Gasteiger charge is -2.04. The lowest BCUT2D eigenvalue weighted by atomic mass is 10.1. The highest BCUT2D eigenvalue weighted by molar-refractivity contribution is 5.97. The van der Waals surface area contributed by atoms with E-state index in [1.807, 2.05) is 12.3 Å². The lowest BCUT2D eigenvalue weighted by molar-refractivity contribution is 0.0687. The van der Waals surface area contributed by atoms with E-state index >= 15 is 0 Å². The summed E-state index contributed by atoms with van der Waals surface area (Å²) in [6.45, 7) is 0. The van der Waals surface area contributed by atoms with Crippen LogP contribution >= 0.6 is 0 Å². The van der Waals surface area contributed by atoms with Crippen LogP contribution in [0.25, 0.3) is 22.2 Å². The number of hydrogen-bond acceptors (Lipinski definition) is 1. The number of carbonyl (C=O) groups is 1. The van der Waals surface area contributed by atoms with Gasteiger partial charge in [-0.1, -0.05) is 12.1 Å². The summed E-state index contributed by atoms with van der Waals surface area (Å²) in [5.74, 6) is -1.27. The highest BCUT2D eigenvalue weighted by Gasteiger charge is 2.17. The topological polar surface area (TPSA) is 47.2 Å². The minimum absolute atomic E-state index is 0.202. The van der Waals surface area contributed by atoms with E-state index in [1.54, 1.807) is 41.4 Å². The normalized spacial score (nSPS) is 11.2. The Hall–Kier alpha value is -2.56. The second-order valence-electron chi connectivity index (χ2n) is 4.76. The highest BCUT2D eigenvalue weighted by atomic mass is 19.1. The lowest BCUT2D eigenvalue weighted by Crippen LogP contribution is -2.04. The van der Waals surface area contributed by atoms with Crippen molar-refractivity contribution in [2.45, 2.75) is 0 Å². The zero-order valence-electron chi connectivity index (χ0n) is 11.1. The zero-order chi connectivity index (χ0) is 14.4. The summed E-state index contributed by atoms with van der Waals surface area (Å²) in [6.07, 6.45) is 1.81. The zero-order valence-corrected chi connectivity index (χ0v) is 11.1. The molecule has 0 amide bonds. The van der Waals surface area contributed by atoms with Crippen molar-refractivity contribution < 1.29 is 14.3 Å². The van der Waals surface area contributed by atoms with E-state index in [0.29, 0.717) is 5.52 Å². The molecule has 0 radical (unpaired) electrons. The van der Waals surface area contributed by atoms with Crippen LogP contribution in [0.2, 0.25) is 0 Å². The van der Waals surface area contributed by atoms with Crippen LogP contribution in [0.15, 0.2) is 36.5 Å². The smallest absolute Gasteiger partial charge is 0.352 e. The second kappa shape index (κ2) is 4.23. The molecule has 0 saturated heterocycles. The number of para-hydroxylation sites is 1. The Morgan fingerprint density at radius 2 is 1.95 bits per heavy atom. The maximum Gasteiger partial charge on any atom is 0.352 e. The number of halogens is 1. The van der Waals surface area contributed by atoms with Gasteiger partial charge in [0.2, 0.25) is 0 Å². The Labute approximate surface area is 114 Å². The molecular weight excluding hydrogens is 259 g/mol. The highest BCUT2D eigenvalue weighted by Crippen LogP contribution is 2.32. The van der Waals surface area contributed by atoms with Crippen molar-refractivity contribution in [1.29, 1.82) is 0 Å². The fraction of sp³-hybridized carbons (Fsp3) is 0.133. The van der Waals surface area contributed by atoms with Crippen molar-refractivity contribution in [1.82, 2.24) is 9.13 Å². The van der Waals surface area contributed by atoms with E-state index in [1.165, 1.54) is 6.07 Å². The molecule has 20 heavy (non-hydrogen) atoms. The van der Waals surface area contributed by atoms with E-state index in [2.05, 4.69) is 0 Å². The molecule has 2 aromatic heterocycles. The van der Waals surface area contributed by atoms with Crippen LogP contribution in [0.5, 0.6) is 0 Å². The molecule has 0 aliphatic carbocycles. The Balaban J connectivity index is 2.31. The Morgan fingerprint density at radius 1 is 1.20 bits per heavy atom.